The lowest BCUT2D eigenvalue weighted by molar-refractivity contribution is -0.123. The molecule has 10 heteroatoms. The van der Waals surface area contributed by atoms with E-state index in [1.807, 2.05) is 38.1 Å². The monoisotopic (exact) mass is 629 g/mol. The van der Waals surface area contributed by atoms with Crippen LogP contribution in [0.15, 0.2) is 66.4 Å². The molecule has 1 heterocycles. The molecule has 1 saturated heterocycles. The Bertz CT molecular complexity index is 1410. The number of carbonyl (C=O) groups is 3. The Morgan fingerprint density at radius 3 is 2.55 bits per heavy atom. The van der Waals surface area contributed by atoms with Crippen LogP contribution >= 0.6 is 22.6 Å². The maximum Gasteiger partial charge on any atom is 0.329 e. The van der Waals surface area contributed by atoms with Crippen LogP contribution in [0.2, 0.25) is 0 Å². The number of halogens is 2. The molecule has 3 aromatic rings. The predicted molar refractivity (Wildman–Crippen MR) is 149 cm³/mol. The lowest BCUT2D eigenvalue weighted by Crippen LogP contribution is -2.30. The van der Waals surface area contributed by atoms with Crippen LogP contribution in [-0.4, -0.2) is 36.0 Å². The number of amides is 4. The van der Waals surface area contributed by atoms with Gasteiger partial charge in [0.25, 0.3) is 11.8 Å². The number of carbonyl (C=O) groups excluding carboxylic acids is 3. The van der Waals surface area contributed by atoms with Crippen LogP contribution in [0.1, 0.15) is 23.6 Å². The Hall–Kier alpha value is -3.93. The highest BCUT2D eigenvalue weighted by Gasteiger charge is 2.34. The third-order valence-corrected chi connectivity index (χ3v) is 6.38. The van der Waals surface area contributed by atoms with Crippen molar-refractivity contribution in [3.8, 4) is 11.5 Å². The van der Waals surface area contributed by atoms with Gasteiger partial charge in [-0.15, -0.1) is 0 Å². The average Bonchev–Trinajstić information content (AvgIpc) is 3.13. The third-order valence-electron chi connectivity index (χ3n) is 5.57. The highest BCUT2D eigenvalue weighted by molar-refractivity contribution is 14.1. The molecule has 38 heavy (non-hydrogen) atoms. The van der Waals surface area contributed by atoms with Gasteiger partial charge in [0.1, 0.15) is 11.5 Å². The minimum absolute atomic E-state index is 0.0516. The molecule has 4 rings (SSSR count). The molecule has 8 nitrogen and oxygen atoms in total. The summed E-state index contributed by atoms with van der Waals surface area (Å²) in [5.41, 5.74) is 2.61. The molecule has 1 aliphatic heterocycles. The zero-order chi connectivity index (χ0) is 27.2. The van der Waals surface area contributed by atoms with Crippen molar-refractivity contribution in [3.05, 3.63) is 92.4 Å². The van der Waals surface area contributed by atoms with Crippen LogP contribution in [0.5, 0.6) is 11.5 Å². The van der Waals surface area contributed by atoms with Gasteiger partial charge in [0, 0.05) is 11.3 Å². The number of rotatable bonds is 9. The van der Waals surface area contributed by atoms with Crippen LogP contribution in [0.4, 0.5) is 14.9 Å². The van der Waals surface area contributed by atoms with E-state index in [-0.39, 0.29) is 30.3 Å². The average molecular weight is 629 g/mol. The molecule has 3 aromatic carbocycles. The SMILES string of the molecule is CCOc1cc(/C=C2/NC(=O)N(Cc3ccccc3F)C2=O)cc(I)c1OCC(=O)Nc1ccc(C)cc1. The minimum Gasteiger partial charge on any atom is -0.490 e. The third kappa shape index (κ3) is 6.49. The largest absolute Gasteiger partial charge is 0.490 e. The number of anilines is 1. The van der Waals surface area contributed by atoms with Gasteiger partial charge in [-0.2, -0.15) is 0 Å². The molecule has 0 unspecified atom stereocenters. The molecule has 4 amide bonds. The molecule has 1 fully saturated rings. The standard InChI is InChI=1S/C28H25FIN3O5/c1-3-37-24-14-18(12-22(30)26(24)38-16-25(34)31-20-10-8-17(2)9-11-20)13-23-27(35)33(28(36)32-23)15-19-6-4-5-7-21(19)29/h4-14H,3,15-16H2,1-2H3,(H,31,34)(H,32,36)/b23-13+. The number of urea groups is 1. The van der Waals surface area contributed by atoms with Gasteiger partial charge in [-0.1, -0.05) is 35.9 Å². The summed E-state index contributed by atoms with van der Waals surface area (Å²) in [4.78, 5) is 38.7. The lowest BCUT2D eigenvalue weighted by Gasteiger charge is -2.15. The Balaban J connectivity index is 1.49. The summed E-state index contributed by atoms with van der Waals surface area (Å²) in [6, 6.07) is 16.2. The van der Waals surface area contributed by atoms with Crippen LogP contribution < -0.4 is 20.1 Å². The maximum atomic E-state index is 14.0. The Kier molecular flexibility index (Phi) is 8.62. The molecule has 196 valence electrons. The van der Waals surface area contributed by atoms with Gasteiger partial charge >= 0.3 is 6.03 Å². The van der Waals surface area contributed by atoms with Crippen molar-refractivity contribution in [2.24, 2.45) is 0 Å². The van der Waals surface area contributed by atoms with Gasteiger partial charge in [-0.25, -0.2) is 9.18 Å². The van der Waals surface area contributed by atoms with E-state index in [0.717, 1.165) is 10.5 Å². The van der Waals surface area contributed by atoms with E-state index in [2.05, 4.69) is 33.2 Å². The second-order valence-electron chi connectivity index (χ2n) is 8.44. The number of ether oxygens (including phenoxy) is 2. The first-order chi connectivity index (χ1) is 18.2. The van der Waals surface area contributed by atoms with Gasteiger partial charge in [-0.3, -0.25) is 14.5 Å². The molecule has 0 saturated carbocycles. The number of aryl methyl sites for hydroxylation is 1. The second-order valence-corrected chi connectivity index (χ2v) is 9.60. The lowest BCUT2D eigenvalue weighted by atomic mass is 10.1. The highest BCUT2D eigenvalue weighted by Crippen LogP contribution is 2.35. The summed E-state index contributed by atoms with van der Waals surface area (Å²) < 4.78 is 26.2. The highest BCUT2D eigenvalue weighted by atomic mass is 127. The molecular weight excluding hydrogens is 604 g/mol. The van der Waals surface area contributed by atoms with Crippen molar-refractivity contribution in [1.29, 1.82) is 0 Å². The summed E-state index contributed by atoms with van der Waals surface area (Å²) >= 11 is 2.05. The van der Waals surface area contributed by atoms with Crippen molar-refractivity contribution < 1.29 is 28.2 Å². The number of nitrogens with zero attached hydrogens (tertiary/aromatic N) is 1. The van der Waals surface area contributed by atoms with Gasteiger partial charge in [-0.05, 0) is 78.4 Å². The van der Waals surface area contributed by atoms with E-state index in [0.29, 0.717) is 32.9 Å². The van der Waals surface area contributed by atoms with Crippen molar-refractivity contribution >= 4 is 52.2 Å². The fourth-order valence-electron chi connectivity index (χ4n) is 3.72. The number of nitrogens with one attached hydrogen (secondary N) is 2. The van der Waals surface area contributed by atoms with Gasteiger partial charge in [0.05, 0.1) is 16.7 Å². The molecule has 2 N–H and O–H groups in total. The summed E-state index contributed by atoms with van der Waals surface area (Å²) in [5.74, 6) is -0.623. The van der Waals surface area contributed by atoms with Crippen molar-refractivity contribution in [1.82, 2.24) is 10.2 Å². The molecule has 0 bridgehead atoms. The summed E-state index contributed by atoms with van der Waals surface area (Å²) in [6.45, 7) is 3.70. The van der Waals surface area contributed by atoms with E-state index >= 15 is 0 Å². The molecule has 0 aliphatic carbocycles. The first kappa shape index (κ1) is 27.1. The van der Waals surface area contributed by atoms with E-state index in [9.17, 15) is 18.8 Å². The molecular formula is C28H25FIN3O5. The molecule has 0 spiro atoms. The normalized spacial score (nSPS) is 14.0. The number of benzene rings is 3. The predicted octanol–water partition coefficient (Wildman–Crippen LogP) is 5.25. The van der Waals surface area contributed by atoms with E-state index < -0.39 is 17.8 Å². The number of hydrogen-bond donors (Lipinski definition) is 2. The quantitative estimate of drug-likeness (QED) is 0.192. The van der Waals surface area contributed by atoms with Crippen molar-refractivity contribution in [3.63, 3.8) is 0 Å². The molecule has 0 atom stereocenters. The van der Waals surface area contributed by atoms with Crippen LogP contribution in [-0.2, 0) is 16.1 Å². The summed E-state index contributed by atoms with van der Waals surface area (Å²) in [6.07, 6.45) is 1.51. The Labute approximate surface area is 232 Å². The zero-order valence-electron chi connectivity index (χ0n) is 20.7. The topological polar surface area (TPSA) is 97.0 Å². The first-order valence-corrected chi connectivity index (χ1v) is 12.9. The molecule has 0 radical (unpaired) electrons. The Morgan fingerprint density at radius 1 is 1.11 bits per heavy atom. The van der Waals surface area contributed by atoms with E-state index in [1.54, 1.807) is 18.2 Å². The summed E-state index contributed by atoms with van der Waals surface area (Å²) in [7, 11) is 0. The fourth-order valence-corrected chi connectivity index (χ4v) is 4.51. The van der Waals surface area contributed by atoms with Gasteiger partial charge in [0.2, 0.25) is 0 Å². The maximum absolute atomic E-state index is 14.0. The van der Waals surface area contributed by atoms with Crippen LogP contribution in [0, 0.1) is 16.3 Å². The van der Waals surface area contributed by atoms with Gasteiger partial charge in [0.15, 0.2) is 18.1 Å². The second kappa shape index (κ2) is 12.1. The number of imide groups is 1. The van der Waals surface area contributed by atoms with E-state index in [1.165, 1.54) is 24.3 Å². The van der Waals surface area contributed by atoms with Crippen LogP contribution in [0.3, 0.4) is 0 Å². The minimum atomic E-state index is -0.635. The Morgan fingerprint density at radius 2 is 1.84 bits per heavy atom. The fraction of sp³-hybridized carbons (Fsp3) is 0.179. The number of hydrogen-bond acceptors (Lipinski definition) is 5. The smallest absolute Gasteiger partial charge is 0.329 e. The van der Waals surface area contributed by atoms with Crippen LogP contribution in [0.25, 0.3) is 6.08 Å². The van der Waals surface area contributed by atoms with Gasteiger partial charge < -0.3 is 20.1 Å². The van der Waals surface area contributed by atoms with Crippen molar-refractivity contribution in [2.75, 3.05) is 18.5 Å². The van der Waals surface area contributed by atoms with E-state index in [4.69, 9.17) is 9.47 Å². The van der Waals surface area contributed by atoms with Crippen molar-refractivity contribution in [2.45, 2.75) is 20.4 Å². The molecule has 0 aromatic heterocycles. The molecule has 1 aliphatic rings. The first-order valence-electron chi connectivity index (χ1n) is 11.8. The summed E-state index contributed by atoms with van der Waals surface area (Å²) in [5, 5.41) is 5.32. The zero-order valence-corrected chi connectivity index (χ0v) is 22.9.